The fourth-order valence-corrected chi connectivity index (χ4v) is 2.76. The third kappa shape index (κ3) is 37.4. The molecule has 0 atom stereocenters. The fourth-order valence-electron chi connectivity index (χ4n) is 2.76. The average Bonchev–Trinajstić information content (AvgIpc) is 2.84. The number of benzene rings is 1. The zero-order valence-electron chi connectivity index (χ0n) is 24.5. The first-order chi connectivity index (χ1) is 17.1. The van der Waals surface area contributed by atoms with Crippen LogP contribution in [0, 0.1) is 30.3 Å². The van der Waals surface area contributed by atoms with E-state index in [1.807, 2.05) is 73.6 Å². The first kappa shape index (κ1) is 80.0. The van der Waals surface area contributed by atoms with E-state index in [-0.39, 0.29) is 137 Å². The number of aromatic nitrogens is 3. The van der Waals surface area contributed by atoms with Gasteiger partial charge in [-0.25, -0.2) is 0 Å². The minimum absolute atomic E-state index is 0. The van der Waals surface area contributed by atoms with E-state index in [0.29, 0.717) is 0 Å². The van der Waals surface area contributed by atoms with E-state index in [4.69, 9.17) is 46.0 Å². The Balaban J connectivity index is -0.0000000479. The molecule has 4 rings (SSSR count). The number of hydrogen-bond donors (Lipinski definition) is 9. The van der Waals surface area contributed by atoms with Crippen molar-refractivity contribution in [2.24, 2.45) is 0 Å². The summed E-state index contributed by atoms with van der Waals surface area (Å²) in [7, 11) is 0. The summed E-state index contributed by atoms with van der Waals surface area (Å²) in [5, 5.41) is 40.9. The molecule has 48 heavy (non-hydrogen) atoms. The third-order valence-electron chi connectivity index (χ3n) is 3.97. The minimum Gasteiger partial charge on any atom is -1.00 e. The molecule has 0 fully saturated rings. The Morgan fingerprint density at radius 1 is 0.396 bits per heavy atom. The Morgan fingerprint density at radius 2 is 0.521 bits per heavy atom. The van der Waals surface area contributed by atoms with Gasteiger partial charge in [-0.05, 0) is 88.0 Å². The van der Waals surface area contributed by atoms with Crippen LogP contribution in [-0.2, 0) is 63.2 Å². The molecule has 0 saturated carbocycles. The fraction of sp³-hybridized carbons (Fsp3) is 0. The van der Waals surface area contributed by atoms with E-state index < -0.39 is 15.3 Å². The van der Waals surface area contributed by atoms with E-state index >= 15 is 0 Å². The van der Waals surface area contributed by atoms with Gasteiger partial charge in [-0.3, -0.25) is 15.0 Å². The van der Waals surface area contributed by atoms with Crippen LogP contribution in [0.5, 0.6) is 0 Å². The van der Waals surface area contributed by atoms with E-state index in [9.17, 15) is 0 Å². The van der Waals surface area contributed by atoms with Crippen molar-refractivity contribution in [3.8, 4) is 33.4 Å². The molecule has 0 bridgehead atoms. The number of pyridine rings is 3. The maximum absolute atomic E-state index is 8.36. The smallest absolute Gasteiger partial charge is 1.00 e. The van der Waals surface area contributed by atoms with E-state index in [1.165, 1.54) is 16.7 Å². The number of rotatable bonds is 3. The SMILES string of the molecule is N.N.N.N.N.N.O=[N+]([O-])O.O=[N+]([O-])O.O=[N+]([O-])O.[Cl-].[Cl-].[Cl-].[Pt+2].[Pt+2].[Pt+2].c1cc(-c2cc(-c3ccncc3)cc(-c3ccncc3)c2)ccn1. The summed E-state index contributed by atoms with van der Waals surface area (Å²) in [6.45, 7) is 0. The molecule has 3 aromatic heterocycles. The topological polar surface area (TPSA) is 439 Å². The minimum atomic E-state index is -1.50. The molecule has 21 N–H and O–H groups in total. The van der Waals surface area contributed by atoms with Crippen LogP contribution in [0.25, 0.3) is 33.4 Å². The largest absolute Gasteiger partial charge is 2.00 e. The van der Waals surface area contributed by atoms with Crippen LogP contribution in [0.15, 0.2) is 91.8 Å². The van der Waals surface area contributed by atoms with Crippen molar-refractivity contribution in [2.75, 3.05) is 0 Å². The molecule has 27 heteroatoms. The molecule has 3 heterocycles. The molecule has 0 aliphatic rings. The second kappa shape index (κ2) is 46.1. The Morgan fingerprint density at radius 3 is 0.646 bits per heavy atom. The van der Waals surface area contributed by atoms with Gasteiger partial charge >= 0.3 is 63.2 Å². The Bertz CT molecular complexity index is 1110. The van der Waals surface area contributed by atoms with Gasteiger partial charge in [0.25, 0.3) is 15.3 Å². The molecular formula is C21H36Cl3N12O9Pt3+3. The molecule has 4 aromatic rings. The normalized spacial score (nSPS) is 6.75. The predicted octanol–water partition coefficient (Wildman–Crippen LogP) is -4.19. The molecule has 0 aliphatic heterocycles. The van der Waals surface area contributed by atoms with Crippen LogP contribution in [0.2, 0.25) is 0 Å². The van der Waals surface area contributed by atoms with Gasteiger partial charge in [-0.2, -0.15) is 0 Å². The molecule has 0 unspecified atom stereocenters. The van der Waals surface area contributed by atoms with Crippen LogP contribution in [0.4, 0.5) is 0 Å². The van der Waals surface area contributed by atoms with E-state index in [2.05, 4.69) is 33.2 Å². The first-order valence-electron chi connectivity index (χ1n) is 9.46. The number of halogens is 3. The zero-order chi connectivity index (χ0) is 26.9. The Labute approximate surface area is 336 Å². The summed E-state index contributed by atoms with van der Waals surface area (Å²) in [6, 6.07) is 18.8. The van der Waals surface area contributed by atoms with Crippen LogP contribution in [-0.4, -0.2) is 45.8 Å². The van der Waals surface area contributed by atoms with Gasteiger partial charge < -0.3 is 89.7 Å². The summed E-state index contributed by atoms with van der Waals surface area (Å²) in [5.41, 5.74) is 6.94. The van der Waals surface area contributed by atoms with Gasteiger partial charge in [0.05, 0.1) is 0 Å². The van der Waals surface area contributed by atoms with Crippen LogP contribution in [0.3, 0.4) is 0 Å². The molecular weight excluding hydrogens is 1260 g/mol. The molecule has 0 radical (unpaired) electrons. The Kier molecular flexibility index (Phi) is 76.8. The first-order valence-corrected chi connectivity index (χ1v) is 9.46. The van der Waals surface area contributed by atoms with Gasteiger partial charge in [-0.1, -0.05) is 0 Å². The zero-order valence-corrected chi connectivity index (χ0v) is 33.5. The third-order valence-corrected chi connectivity index (χ3v) is 3.97. The van der Waals surface area contributed by atoms with Crippen molar-refractivity contribution in [1.82, 2.24) is 51.9 Å². The van der Waals surface area contributed by atoms with Crippen molar-refractivity contribution in [3.05, 3.63) is 122 Å². The monoisotopic (exact) mass is 1290 g/mol. The maximum atomic E-state index is 8.36. The number of nitrogens with zero attached hydrogens (tertiary/aromatic N) is 6. The number of hydrogen-bond acceptors (Lipinski definition) is 15. The molecule has 0 saturated heterocycles. The molecule has 0 spiro atoms. The van der Waals surface area contributed by atoms with Crippen molar-refractivity contribution < 1.29 is 131 Å². The maximum Gasteiger partial charge on any atom is 2.00 e. The van der Waals surface area contributed by atoms with Crippen molar-refractivity contribution in [3.63, 3.8) is 0 Å². The predicted molar refractivity (Wildman–Crippen MR) is 153 cm³/mol. The van der Waals surface area contributed by atoms with Crippen LogP contribution < -0.4 is 74.1 Å². The van der Waals surface area contributed by atoms with Gasteiger partial charge in [-0.15, -0.1) is 30.3 Å². The molecule has 21 nitrogen and oxygen atoms in total. The van der Waals surface area contributed by atoms with Crippen molar-refractivity contribution >= 4 is 0 Å². The van der Waals surface area contributed by atoms with Gasteiger partial charge in [0.15, 0.2) is 0 Å². The summed E-state index contributed by atoms with van der Waals surface area (Å²) in [6.07, 6.45) is 10.9. The van der Waals surface area contributed by atoms with E-state index in [0.717, 1.165) is 16.7 Å². The molecule has 282 valence electrons. The quantitative estimate of drug-likeness (QED) is 0.0694. The van der Waals surface area contributed by atoms with E-state index in [1.54, 1.807) is 0 Å². The van der Waals surface area contributed by atoms with Crippen LogP contribution in [0.1, 0.15) is 0 Å². The van der Waals surface area contributed by atoms with Crippen LogP contribution >= 0.6 is 0 Å². The van der Waals surface area contributed by atoms with Gasteiger partial charge in [0, 0.05) is 37.2 Å². The summed E-state index contributed by atoms with van der Waals surface area (Å²) >= 11 is 0. The average molecular weight is 1290 g/mol. The van der Waals surface area contributed by atoms with Gasteiger partial charge in [0.1, 0.15) is 0 Å². The second-order valence-electron chi connectivity index (χ2n) is 6.22. The summed E-state index contributed by atoms with van der Waals surface area (Å²) < 4.78 is 0. The van der Waals surface area contributed by atoms with Gasteiger partial charge in [0.2, 0.25) is 0 Å². The second-order valence-corrected chi connectivity index (χ2v) is 6.22. The molecule has 0 amide bonds. The van der Waals surface area contributed by atoms with Crippen molar-refractivity contribution in [1.29, 1.82) is 0 Å². The standard InChI is InChI=1S/C21H15N3.3ClH.3HNO3.6H3N.3Pt/c1-7-22-8-2-16(1)19-13-20(17-3-9-23-10-4-17)15-21(14-19)18-5-11-24-12-6-18;;;;3*2-1(3)4;;;;;;;;;/h1-15H;3*1H;3*(H,2,3,4);6*1H3;;;/q;;;;;;;;;;;;;3*+2/p-3. The molecule has 0 aliphatic carbocycles. The summed E-state index contributed by atoms with van der Waals surface area (Å²) in [4.78, 5) is 37.4. The Hall–Kier alpha value is -3.04. The molecule has 1 aromatic carbocycles. The summed E-state index contributed by atoms with van der Waals surface area (Å²) in [5.74, 6) is 0. The van der Waals surface area contributed by atoms with Crippen molar-refractivity contribution in [2.45, 2.75) is 0 Å².